The van der Waals surface area contributed by atoms with Gasteiger partial charge in [0.1, 0.15) is 0 Å². The Morgan fingerprint density at radius 2 is 1.83 bits per heavy atom. The van der Waals surface area contributed by atoms with Crippen LogP contribution in [0.25, 0.3) is 16.3 Å². The van der Waals surface area contributed by atoms with Crippen LogP contribution in [0.4, 0.5) is 0 Å². The average molecular weight is 301 g/mol. The minimum atomic E-state index is 0.852. The number of fused-ring (bicyclic) bond motifs is 1. The van der Waals surface area contributed by atoms with Crippen molar-refractivity contribution in [3.8, 4) is 0 Å². The van der Waals surface area contributed by atoms with E-state index in [9.17, 15) is 0 Å². The van der Waals surface area contributed by atoms with Crippen molar-refractivity contribution in [2.45, 2.75) is 26.2 Å². The predicted octanol–water partition coefficient (Wildman–Crippen LogP) is 5.81. The third-order valence-electron chi connectivity index (χ3n) is 3.85. The molecule has 0 radical (unpaired) electrons. The van der Waals surface area contributed by atoms with E-state index in [1.54, 1.807) is 0 Å². The highest BCUT2D eigenvalue weighted by Crippen LogP contribution is 2.31. The van der Waals surface area contributed by atoms with Crippen LogP contribution in [0.1, 0.15) is 31.7 Å². The molecule has 0 saturated carbocycles. The third-order valence-corrected chi connectivity index (χ3v) is 4.34. The first-order valence-corrected chi connectivity index (χ1v) is 7.40. The van der Waals surface area contributed by atoms with Gasteiger partial charge in [0.25, 0.3) is 0 Å². The Balaban J connectivity index is 2.01. The lowest BCUT2D eigenvalue weighted by Crippen LogP contribution is -2.00. The predicted molar refractivity (Wildman–Crippen MR) is 82.6 cm³/mol. The Labute approximate surface area is 117 Å². The van der Waals surface area contributed by atoms with Gasteiger partial charge in [0.05, 0.1) is 0 Å². The second kappa shape index (κ2) is 4.89. The second-order valence-electron chi connectivity index (χ2n) is 5.32. The highest BCUT2D eigenvalue weighted by Gasteiger charge is 2.11. The molecule has 0 heterocycles. The molecule has 0 aromatic heterocycles. The molecule has 1 atom stereocenters. The molecule has 0 fully saturated rings. The highest BCUT2D eigenvalue weighted by atomic mass is 79.9. The van der Waals surface area contributed by atoms with Crippen molar-refractivity contribution in [2.75, 3.05) is 0 Å². The standard InChI is InChI=1S/C17H17Br/c1-12-2-4-13(5-3-12)14-6-7-16-11-17(18)9-8-15(16)10-14/h4,6-12H,2-3,5H2,1H3. The first-order chi connectivity index (χ1) is 8.72. The normalized spacial score (nSPS) is 19.9. The molecule has 0 amide bonds. The Kier molecular flexibility index (Phi) is 3.25. The van der Waals surface area contributed by atoms with E-state index >= 15 is 0 Å². The van der Waals surface area contributed by atoms with E-state index in [1.165, 1.54) is 41.2 Å². The van der Waals surface area contributed by atoms with Crippen LogP contribution in [-0.2, 0) is 0 Å². The van der Waals surface area contributed by atoms with Crippen molar-refractivity contribution in [2.24, 2.45) is 5.92 Å². The van der Waals surface area contributed by atoms with Gasteiger partial charge in [-0.3, -0.25) is 0 Å². The summed E-state index contributed by atoms with van der Waals surface area (Å²) in [6.07, 6.45) is 6.20. The molecular formula is C17H17Br. The topological polar surface area (TPSA) is 0 Å². The van der Waals surface area contributed by atoms with Crippen molar-refractivity contribution in [3.63, 3.8) is 0 Å². The van der Waals surface area contributed by atoms with Gasteiger partial charge < -0.3 is 0 Å². The molecule has 1 aliphatic carbocycles. The molecular weight excluding hydrogens is 284 g/mol. The molecule has 18 heavy (non-hydrogen) atoms. The zero-order valence-corrected chi connectivity index (χ0v) is 12.2. The SMILES string of the molecule is CC1CC=C(c2ccc3cc(Br)ccc3c2)CC1. The van der Waals surface area contributed by atoms with Crippen molar-refractivity contribution in [1.29, 1.82) is 0 Å². The lowest BCUT2D eigenvalue weighted by Gasteiger charge is -2.18. The monoisotopic (exact) mass is 300 g/mol. The van der Waals surface area contributed by atoms with Gasteiger partial charge in [0, 0.05) is 4.47 Å². The fraction of sp³-hybridized carbons (Fsp3) is 0.294. The smallest absolute Gasteiger partial charge is 0.0181 e. The maximum atomic E-state index is 3.52. The Morgan fingerprint density at radius 1 is 1.06 bits per heavy atom. The van der Waals surface area contributed by atoms with Crippen molar-refractivity contribution < 1.29 is 0 Å². The van der Waals surface area contributed by atoms with Gasteiger partial charge in [-0.15, -0.1) is 0 Å². The van der Waals surface area contributed by atoms with Crippen LogP contribution >= 0.6 is 15.9 Å². The molecule has 0 N–H and O–H groups in total. The van der Waals surface area contributed by atoms with E-state index in [1.807, 2.05) is 0 Å². The molecule has 0 saturated heterocycles. The lowest BCUT2D eigenvalue weighted by atomic mass is 9.87. The molecule has 2 aromatic rings. The van der Waals surface area contributed by atoms with E-state index in [2.05, 4.69) is 65.3 Å². The largest absolute Gasteiger partial charge is 0.0805 e. The molecule has 1 aliphatic rings. The number of halogens is 1. The van der Waals surface area contributed by atoms with Crippen molar-refractivity contribution >= 4 is 32.3 Å². The van der Waals surface area contributed by atoms with Crippen LogP contribution in [0, 0.1) is 5.92 Å². The van der Waals surface area contributed by atoms with Gasteiger partial charge in [-0.1, -0.05) is 47.1 Å². The first-order valence-electron chi connectivity index (χ1n) is 6.61. The van der Waals surface area contributed by atoms with E-state index in [0.29, 0.717) is 0 Å². The van der Waals surface area contributed by atoms with E-state index in [0.717, 1.165) is 10.4 Å². The fourth-order valence-electron chi connectivity index (χ4n) is 2.64. The first kappa shape index (κ1) is 12.0. The van der Waals surface area contributed by atoms with E-state index < -0.39 is 0 Å². The Morgan fingerprint density at radius 3 is 2.61 bits per heavy atom. The zero-order valence-electron chi connectivity index (χ0n) is 10.6. The molecule has 1 heteroatoms. The second-order valence-corrected chi connectivity index (χ2v) is 6.23. The molecule has 0 nitrogen and oxygen atoms in total. The number of hydrogen-bond donors (Lipinski definition) is 0. The van der Waals surface area contributed by atoms with Crippen LogP contribution in [0.5, 0.6) is 0 Å². The lowest BCUT2D eigenvalue weighted by molar-refractivity contribution is 0.534. The van der Waals surface area contributed by atoms with Crippen LogP contribution in [0.15, 0.2) is 46.9 Å². The zero-order chi connectivity index (χ0) is 12.5. The van der Waals surface area contributed by atoms with E-state index in [-0.39, 0.29) is 0 Å². The maximum absolute atomic E-state index is 3.52. The Bertz CT molecular complexity index is 610. The number of benzene rings is 2. The van der Waals surface area contributed by atoms with Gasteiger partial charge in [-0.25, -0.2) is 0 Å². The summed E-state index contributed by atoms with van der Waals surface area (Å²) in [7, 11) is 0. The van der Waals surface area contributed by atoms with Crippen molar-refractivity contribution in [1.82, 2.24) is 0 Å². The number of hydrogen-bond acceptors (Lipinski definition) is 0. The van der Waals surface area contributed by atoms with Crippen LogP contribution < -0.4 is 0 Å². The van der Waals surface area contributed by atoms with Gasteiger partial charge in [0.15, 0.2) is 0 Å². The molecule has 1 unspecified atom stereocenters. The highest BCUT2D eigenvalue weighted by molar-refractivity contribution is 9.10. The Hall–Kier alpha value is -1.08. The molecule has 0 spiro atoms. The summed E-state index contributed by atoms with van der Waals surface area (Å²) in [6, 6.07) is 13.3. The summed E-state index contributed by atoms with van der Waals surface area (Å²) in [4.78, 5) is 0. The van der Waals surface area contributed by atoms with Crippen molar-refractivity contribution in [3.05, 3.63) is 52.5 Å². The fourth-order valence-corrected chi connectivity index (χ4v) is 3.02. The molecule has 3 rings (SSSR count). The van der Waals surface area contributed by atoms with Gasteiger partial charge in [-0.2, -0.15) is 0 Å². The van der Waals surface area contributed by atoms with Crippen LogP contribution in [0.3, 0.4) is 0 Å². The molecule has 92 valence electrons. The average Bonchev–Trinajstić information content (AvgIpc) is 2.39. The molecule has 0 bridgehead atoms. The van der Waals surface area contributed by atoms with Gasteiger partial charge >= 0.3 is 0 Å². The summed E-state index contributed by atoms with van der Waals surface area (Å²) >= 11 is 3.52. The summed E-state index contributed by atoms with van der Waals surface area (Å²) in [5, 5.41) is 2.63. The molecule has 2 aromatic carbocycles. The summed E-state index contributed by atoms with van der Waals surface area (Å²) < 4.78 is 1.15. The van der Waals surface area contributed by atoms with E-state index in [4.69, 9.17) is 0 Å². The minimum Gasteiger partial charge on any atom is -0.0805 e. The van der Waals surface area contributed by atoms with Gasteiger partial charge in [-0.05, 0) is 65.3 Å². The van der Waals surface area contributed by atoms with Crippen LogP contribution in [-0.4, -0.2) is 0 Å². The number of allylic oxidation sites excluding steroid dienone is 2. The summed E-state index contributed by atoms with van der Waals surface area (Å²) in [6.45, 7) is 2.34. The quantitative estimate of drug-likeness (QED) is 0.624. The summed E-state index contributed by atoms with van der Waals surface area (Å²) in [5.41, 5.74) is 2.93. The molecule has 0 aliphatic heterocycles. The van der Waals surface area contributed by atoms with Crippen LogP contribution in [0.2, 0.25) is 0 Å². The number of rotatable bonds is 1. The minimum absolute atomic E-state index is 0.852. The van der Waals surface area contributed by atoms with Gasteiger partial charge in [0.2, 0.25) is 0 Å². The summed E-state index contributed by atoms with van der Waals surface area (Å²) in [5.74, 6) is 0.852. The maximum Gasteiger partial charge on any atom is 0.0181 e. The third kappa shape index (κ3) is 2.37.